The molecule has 0 heterocycles. The smallest absolute Gasteiger partial charge is 0.208 e. The summed E-state index contributed by atoms with van der Waals surface area (Å²) in [4.78, 5) is 0. The topological polar surface area (TPSA) is 0 Å². The summed E-state index contributed by atoms with van der Waals surface area (Å²) in [5.41, 5.74) is 0. The minimum Gasteiger partial charge on any atom is -0.208 e. The Morgan fingerprint density at radius 3 is 1.24 bits per heavy atom. The van der Waals surface area contributed by atoms with Crippen LogP contribution in [0.4, 0.5) is 43.9 Å². The van der Waals surface area contributed by atoms with Crippen LogP contribution in [-0.4, -0.2) is 24.4 Å². The lowest BCUT2D eigenvalue weighted by Gasteiger charge is -2.10. The molecule has 0 fully saturated rings. The van der Waals surface area contributed by atoms with E-state index in [4.69, 9.17) is 0 Å². The van der Waals surface area contributed by atoms with E-state index in [1.54, 1.807) is 0 Å². The van der Waals surface area contributed by atoms with Gasteiger partial charge in [-0.2, -0.15) is 26.3 Å². The number of hydrogen-bond donors (Lipinski definition) is 0. The van der Waals surface area contributed by atoms with Crippen molar-refractivity contribution in [2.45, 2.75) is 24.4 Å². The zero-order valence-corrected chi connectivity index (χ0v) is 8.15. The average Bonchev–Trinajstić information content (AvgIpc) is 2.14. The molecule has 1 unspecified atom stereocenters. The van der Waals surface area contributed by atoms with E-state index in [0.717, 1.165) is 0 Å². The summed E-state index contributed by atoms with van der Waals surface area (Å²) in [5.74, 6) is -2.65. The highest BCUT2D eigenvalue weighted by molar-refractivity contribution is 6.21. The summed E-state index contributed by atoms with van der Waals surface area (Å²) < 4.78 is 109. The molecule has 11 heteroatoms. The molecule has 0 amide bonds. The second kappa shape index (κ2) is 7.62. The number of halogens is 11. The lowest BCUT2D eigenvalue weighted by atomic mass is 10.4. The van der Waals surface area contributed by atoms with E-state index in [1.807, 2.05) is 0 Å². The van der Waals surface area contributed by atoms with Gasteiger partial charge in [0.05, 0.1) is 0 Å². The Balaban J connectivity index is 0. The van der Waals surface area contributed by atoms with Crippen molar-refractivity contribution in [2.75, 3.05) is 0 Å². The molecule has 0 aliphatic carbocycles. The van der Waals surface area contributed by atoms with Gasteiger partial charge in [-0.15, -0.1) is 11.6 Å². The molecule has 0 aromatic heterocycles. The van der Waals surface area contributed by atoms with Gasteiger partial charge in [-0.3, -0.25) is 0 Å². The summed E-state index contributed by atoms with van der Waals surface area (Å²) in [7, 11) is 0. The molecular formula is C6H3ClF10. The quantitative estimate of drug-likeness (QED) is 0.510. The SMILES string of the molecule is FC(F)=C(F)C(F)F.FC(F)C(Cl)C(F)(F)F. The Bertz CT molecular complexity index is 240. The first-order valence-corrected chi connectivity index (χ1v) is 3.82. The predicted octanol–water partition coefficient (Wildman–Crippen LogP) is 4.75. The van der Waals surface area contributed by atoms with Crippen molar-refractivity contribution in [3.63, 3.8) is 0 Å². The van der Waals surface area contributed by atoms with Crippen molar-refractivity contribution < 1.29 is 43.9 Å². The molecule has 0 N–H and O–H groups in total. The van der Waals surface area contributed by atoms with Crippen LogP contribution in [0, 0.1) is 0 Å². The second-order valence-corrected chi connectivity index (χ2v) is 2.66. The van der Waals surface area contributed by atoms with Gasteiger partial charge in [-0.05, 0) is 0 Å². The molecule has 1 atom stereocenters. The van der Waals surface area contributed by atoms with Gasteiger partial charge in [-0.25, -0.2) is 17.6 Å². The van der Waals surface area contributed by atoms with Crippen LogP contribution in [0.1, 0.15) is 0 Å². The first-order chi connectivity index (χ1) is 7.41. The molecule has 0 saturated carbocycles. The molecule has 0 bridgehead atoms. The molecule has 0 nitrogen and oxygen atoms in total. The van der Waals surface area contributed by atoms with Crippen molar-refractivity contribution in [2.24, 2.45) is 0 Å². The molecule has 0 aromatic rings. The summed E-state index contributed by atoms with van der Waals surface area (Å²) >= 11 is 4.22. The third-order valence-electron chi connectivity index (χ3n) is 0.906. The van der Waals surface area contributed by atoms with Crippen LogP contribution < -0.4 is 0 Å². The highest BCUT2D eigenvalue weighted by Crippen LogP contribution is 2.29. The number of hydrogen-bond acceptors (Lipinski definition) is 0. The summed E-state index contributed by atoms with van der Waals surface area (Å²) in [5, 5.41) is -3.04. The molecule has 0 saturated heterocycles. The van der Waals surface area contributed by atoms with Gasteiger partial charge >= 0.3 is 12.3 Å². The molecule has 0 rings (SSSR count). The van der Waals surface area contributed by atoms with Crippen molar-refractivity contribution in [3.8, 4) is 0 Å². The summed E-state index contributed by atoms with van der Waals surface area (Å²) in [6, 6.07) is 0. The fourth-order valence-electron chi connectivity index (χ4n) is 0.225. The maximum Gasteiger partial charge on any atom is 0.410 e. The largest absolute Gasteiger partial charge is 0.410 e. The van der Waals surface area contributed by atoms with E-state index < -0.39 is 36.3 Å². The first-order valence-electron chi connectivity index (χ1n) is 3.39. The van der Waals surface area contributed by atoms with Crippen LogP contribution in [0.15, 0.2) is 11.9 Å². The van der Waals surface area contributed by atoms with E-state index >= 15 is 0 Å². The lowest BCUT2D eigenvalue weighted by Crippen LogP contribution is -2.29. The fourth-order valence-corrected chi connectivity index (χ4v) is 0.225. The monoisotopic (exact) mass is 300 g/mol. The van der Waals surface area contributed by atoms with Crippen molar-refractivity contribution in [3.05, 3.63) is 11.9 Å². The Kier molecular flexibility index (Phi) is 8.37. The molecule has 0 aliphatic heterocycles. The minimum absolute atomic E-state index is 2.65. The van der Waals surface area contributed by atoms with Gasteiger partial charge in [-0.1, -0.05) is 0 Å². The standard InChI is InChI=1S/C3H2ClF5.C3HF5/c4-1(2(5)6)3(7,8)9;4-1(2(5)6)3(7)8/h1-2H;2H. The summed E-state index contributed by atoms with van der Waals surface area (Å²) in [6.07, 6.45) is -15.2. The predicted molar refractivity (Wildman–Crippen MR) is 38.1 cm³/mol. The normalized spacial score (nSPS) is 13.2. The fraction of sp³-hybridized carbons (Fsp3) is 0.667. The van der Waals surface area contributed by atoms with Crippen LogP contribution >= 0.6 is 11.6 Å². The van der Waals surface area contributed by atoms with Gasteiger partial charge in [0.25, 0.3) is 12.9 Å². The van der Waals surface area contributed by atoms with Crippen LogP contribution in [0.3, 0.4) is 0 Å². The number of alkyl halides is 8. The zero-order chi connectivity index (χ0) is 14.4. The van der Waals surface area contributed by atoms with Crippen molar-refractivity contribution >= 4 is 11.6 Å². The Labute approximate surface area is 92.8 Å². The molecule has 104 valence electrons. The van der Waals surface area contributed by atoms with Crippen molar-refractivity contribution in [1.82, 2.24) is 0 Å². The van der Waals surface area contributed by atoms with Crippen LogP contribution in [0.25, 0.3) is 0 Å². The third kappa shape index (κ3) is 9.07. The molecule has 0 aromatic carbocycles. The highest BCUT2D eigenvalue weighted by atomic mass is 35.5. The van der Waals surface area contributed by atoms with Crippen LogP contribution in [0.5, 0.6) is 0 Å². The maximum absolute atomic E-state index is 11.1. The average molecular weight is 301 g/mol. The van der Waals surface area contributed by atoms with Crippen molar-refractivity contribution in [1.29, 1.82) is 0 Å². The minimum atomic E-state index is -5.00. The Hall–Kier alpha value is -0.670. The molecule has 17 heavy (non-hydrogen) atoms. The zero-order valence-electron chi connectivity index (χ0n) is 7.39. The van der Waals surface area contributed by atoms with E-state index in [0.29, 0.717) is 0 Å². The summed E-state index contributed by atoms with van der Waals surface area (Å²) in [6.45, 7) is 0. The number of allylic oxidation sites excluding steroid dienone is 1. The highest BCUT2D eigenvalue weighted by Gasteiger charge is 2.44. The number of rotatable bonds is 2. The van der Waals surface area contributed by atoms with Gasteiger partial charge in [0.15, 0.2) is 5.38 Å². The molecule has 0 radical (unpaired) electrons. The van der Waals surface area contributed by atoms with Crippen LogP contribution in [-0.2, 0) is 0 Å². The first kappa shape index (κ1) is 18.7. The van der Waals surface area contributed by atoms with Gasteiger partial charge in [0.2, 0.25) is 5.83 Å². The molecule has 0 spiro atoms. The van der Waals surface area contributed by atoms with E-state index in [9.17, 15) is 43.9 Å². The third-order valence-corrected chi connectivity index (χ3v) is 1.34. The van der Waals surface area contributed by atoms with E-state index in [2.05, 4.69) is 11.6 Å². The van der Waals surface area contributed by atoms with Gasteiger partial charge in [0.1, 0.15) is 0 Å². The molecular weight excluding hydrogens is 297 g/mol. The van der Waals surface area contributed by atoms with Gasteiger partial charge in [0, 0.05) is 0 Å². The lowest BCUT2D eigenvalue weighted by molar-refractivity contribution is -0.153. The van der Waals surface area contributed by atoms with Gasteiger partial charge < -0.3 is 0 Å². The molecule has 0 aliphatic rings. The van der Waals surface area contributed by atoms with Crippen LogP contribution in [0.2, 0.25) is 0 Å². The van der Waals surface area contributed by atoms with E-state index in [-0.39, 0.29) is 0 Å². The van der Waals surface area contributed by atoms with E-state index in [1.165, 1.54) is 0 Å². The maximum atomic E-state index is 11.1. The second-order valence-electron chi connectivity index (χ2n) is 2.19. The Morgan fingerprint density at radius 1 is 0.882 bits per heavy atom. The Morgan fingerprint density at radius 2 is 1.24 bits per heavy atom.